The molecule has 0 unspecified atom stereocenters. The van der Waals surface area contributed by atoms with Gasteiger partial charge < -0.3 is 0 Å². The van der Waals surface area contributed by atoms with E-state index in [0.29, 0.717) is 5.41 Å². The van der Waals surface area contributed by atoms with E-state index in [1.54, 1.807) is 0 Å². The molecule has 0 heterocycles. The molecule has 0 bridgehead atoms. The van der Waals surface area contributed by atoms with Crippen molar-refractivity contribution in [3.05, 3.63) is 12.2 Å². The summed E-state index contributed by atoms with van der Waals surface area (Å²) in [6.07, 6.45) is 8.41. The first-order valence-electron chi connectivity index (χ1n) is 4.26. The van der Waals surface area contributed by atoms with Crippen molar-refractivity contribution in [2.75, 3.05) is 0 Å². The zero-order valence-corrected chi connectivity index (χ0v) is 7.78. The first-order chi connectivity index (χ1) is 4.62. The van der Waals surface area contributed by atoms with Gasteiger partial charge in [-0.15, -0.1) is 0 Å². The van der Waals surface area contributed by atoms with E-state index < -0.39 is 0 Å². The SMILES string of the molecule is C/C=C/C(C)(C)CCCC. The van der Waals surface area contributed by atoms with E-state index in [1.807, 2.05) is 0 Å². The van der Waals surface area contributed by atoms with Crippen LogP contribution in [-0.2, 0) is 0 Å². The third-order valence-electron chi connectivity index (χ3n) is 1.79. The molecule has 0 nitrogen and oxygen atoms in total. The Kier molecular flexibility index (Phi) is 4.42. The molecular weight excluding hydrogens is 120 g/mol. The van der Waals surface area contributed by atoms with Crippen LogP contribution in [0.25, 0.3) is 0 Å². The van der Waals surface area contributed by atoms with Gasteiger partial charge in [0, 0.05) is 0 Å². The summed E-state index contributed by atoms with van der Waals surface area (Å²) in [6, 6.07) is 0. The highest BCUT2D eigenvalue weighted by atomic mass is 14.2. The summed E-state index contributed by atoms with van der Waals surface area (Å²) in [6.45, 7) is 8.92. The van der Waals surface area contributed by atoms with Crippen LogP contribution in [0.15, 0.2) is 12.2 Å². The van der Waals surface area contributed by atoms with E-state index >= 15 is 0 Å². The molecule has 0 fully saturated rings. The van der Waals surface area contributed by atoms with E-state index in [-0.39, 0.29) is 0 Å². The Labute approximate surface area is 65.3 Å². The van der Waals surface area contributed by atoms with E-state index in [4.69, 9.17) is 0 Å². The van der Waals surface area contributed by atoms with E-state index in [0.717, 1.165) is 0 Å². The van der Waals surface area contributed by atoms with Crippen molar-refractivity contribution < 1.29 is 0 Å². The van der Waals surface area contributed by atoms with Crippen LogP contribution in [0.5, 0.6) is 0 Å². The predicted molar refractivity (Wildman–Crippen MR) is 48.1 cm³/mol. The maximum absolute atomic E-state index is 2.29. The average molecular weight is 140 g/mol. The van der Waals surface area contributed by atoms with Crippen LogP contribution in [0.4, 0.5) is 0 Å². The Morgan fingerprint density at radius 3 is 2.30 bits per heavy atom. The van der Waals surface area contributed by atoms with Gasteiger partial charge in [0.25, 0.3) is 0 Å². The van der Waals surface area contributed by atoms with Gasteiger partial charge in [-0.05, 0) is 18.8 Å². The van der Waals surface area contributed by atoms with Gasteiger partial charge in [-0.3, -0.25) is 0 Å². The molecule has 0 amide bonds. The normalized spacial score (nSPS) is 12.8. The molecular formula is C10H20. The maximum Gasteiger partial charge on any atom is -0.0175 e. The second-order valence-corrected chi connectivity index (χ2v) is 3.59. The van der Waals surface area contributed by atoms with Crippen LogP contribution in [0.3, 0.4) is 0 Å². The van der Waals surface area contributed by atoms with Gasteiger partial charge in [-0.25, -0.2) is 0 Å². The molecule has 0 aliphatic carbocycles. The Balaban J connectivity index is 3.63. The Hall–Kier alpha value is -0.260. The minimum Gasteiger partial charge on any atom is -0.0911 e. The fourth-order valence-electron chi connectivity index (χ4n) is 1.17. The molecule has 10 heavy (non-hydrogen) atoms. The number of unbranched alkanes of at least 4 members (excludes halogenated alkanes) is 1. The summed E-state index contributed by atoms with van der Waals surface area (Å²) in [5, 5.41) is 0. The standard InChI is InChI=1S/C10H20/c1-5-7-9-10(3,4)8-6-2/h6,8H,5,7,9H2,1-4H3/b8-6+. The third-order valence-corrected chi connectivity index (χ3v) is 1.79. The Morgan fingerprint density at radius 1 is 1.30 bits per heavy atom. The van der Waals surface area contributed by atoms with Crippen LogP contribution in [0.1, 0.15) is 47.0 Å². The largest absolute Gasteiger partial charge is 0.0911 e. The molecule has 60 valence electrons. The molecule has 0 aliphatic rings. The zero-order chi connectivity index (χ0) is 8.04. The van der Waals surface area contributed by atoms with Gasteiger partial charge in [-0.2, -0.15) is 0 Å². The van der Waals surface area contributed by atoms with E-state index in [9.17, 15) is 0 Å². The maximum atomic E-state index is 2.29. The number of hydrogen-bond acceptors (Lipinski definition) is 0. The minimum absolute atomic E-state index is 0.421. The molecule has 0 aliphatic heterocycles. The van der Waals surface area contributed by atoms with Crippen molar-refractivity contribution in [1.82, 2.24) is 0 Å². The van der Waals surface area contributed by atoms with Gasteiger partial charge in [0.2, 0.25) is 0 Å². The van der Waals surface area contributed by atoms with Crippen molar-refractivity contribution in [2.45, 2.75) is 47.0 Å². The van der Waals surface area contributed by atoms with E-state index in [2.05, 4.69) is 39.8 Å². The van der Waals surface area contributed by atoms with Crippen molar-refractivity contribution >= 4 is 0 Å². The fourth-order valence-corrected chi connectivity index (χ4v) is 1.17. The van der Waals surface area contributed by atoms with Gasteiger partial charge >= 0.3 is 0 Å². The number of hydrogen-bond donors (Lipinski definition) is 0. The quantitative estimate of drug-likeness (QED) is 0.521. The second kappa shape index (κ2) is 4.54. The third kappa shape index (κ3) is 4.60. The minimum atomic E-state index is 0.421. The molecule has 0 radical (unpaired) electrons. The van der Waals surface area contributed by atoms with Crippen molar-refractivity contribution in [1.29, 1.82) is 0 Å². The highest BCUT2D eigenvalue weighted by Gasteiger charge is 2.11. The smallest absolute Gasteiger partial charge is 0.0175 e. The Bertz CT molecular complexity index is 98.6. The van der Waals surface area contributed by atoms with Crippen LogP contribution < -0.4 is 0 Å². The molecule has 0 heteroatoms. The summed E-state index contributed by atoms with van der Waals surface area (Å²) in [5.41, 5.74) is 0.421. The lowest BCUT2D eigenvalue weighted by molar-refractivity contribution is 0.418. The fraction of sp³-hybridized carbons (Fsp3) is 0.800. The molecule has 0 spiro atoms. The lowest BCUT2D eigenvalue weighted by atomic mass is 9.87. The summed E-state index contributed by atoms with van der Waals surface area (Å²) in [7, 11) is 0. The second-order valence-electron chi connectivity index (χ2n) is 3.59. The number of allylic oxidation sites excluding steroid dienone is 2. The van der Waals surface area contributed by atoms with Gasteiger partial charge in [0.15, 0.2) is 0 Å². The molecule has 0 aromatic rings. The topological polar surface area (TPSA) is 0 Å². The zero-order valence-electron chi connectivity index (χ0n) is 7.78. The summed E-state index contributed by atoms with van der Waals surface area (Å²) in [4.78, 5) is 0. The molecule has 0 atom stereocenters. The highest BCUT2D eigenvalue weighted by Crippen LogP contribution is 2.24. The van der Waals surface area contributed by atoms with Gasteiger partial charge in [0.05, 0.1) is 0 Å². The summed E-state index contributed by atoms with van der Waals surface area (Å²) < 4.78 is 0. The highest BCUT2D eigenvalue weighted by molar-refractivity contribution is 4.92. The van der Waals surface area contributed by atoms with Gasteiger partial charge in [0.1, 0.15) is 0 Å². The number of rotatable bonds is 4. The molecule has 0 saturated heterocycles. The molecule has 0 rings (SSSR count). The summed E-state index contributed by atoms with van der Waals surface area (Å²) in [5.74, 6) is 0. The average Bonchev–Trinajstić information content (AvgIpc) is 1.84. The summed E-state index contributed by atoms with van der Waals surface area (Å²) >= 11 is 0. The van der Waals surface area contributed by atoms with Gasteiger partial charge in [-0.1, -0.05) is 45.8 Å². The van der Waals surface area contributed by atoms with Crippen LogP contribution in [0.2, 0.25) is 0 Å². The van der Waals surface area contributed by atoms with Crippen molar-refractivity contribution in [3.63, 3.8) is 0 Å². The van der Waals surface area contributed by atoms with Crippen LogP contribution in [-0.4, -0.2) is 0 Å². The lowest BCUT2D eigenvalue weighted by Crippen LogP contribution is -2.06. The van der Waals surface area contributed by atoms with Crippen LogP contribution in [0, 0.1) is 5.41 Å². The van der Waals surface area contributed by atoms with Crippen LogP contribution >= 0.6 is 0 Å². The van der Waals surface area contributed by atoms with E-state index in [1.165, 1.54) is 19.3 Å². The molecule has 0 saturated carbocycles. The first kappa shape index (κ1) is 9.74. The molecule has 0 aromatic heterocycles. The first-order valence-corrected chi connectivity index (χ1v) is 4.26. The van der Waals surface area contributed by atoms with Crippen molar-refractivity contribution in [2.24, 2.45) is 5.41 Å². The molecule has 0 N–H and O–H groups in total. The Morgan fingerprint density at radius 2 is 1.90 bits per heavy atom. The lowest BCUT2D eigenvalue weighted by Gasteiger charge is -2.18. The monoisotopic (exact) mass is 140 g/mol. The predicted octanol–water partition coefficient (Wildman–Crippen LogP) is 3.78. The van der Waals surface area contributed by atoms with Crippen molar-refractivity contribution in [3.8, 4) is 0 Å². The molecule has 0 aromatic carbocycles.